The fourth-order valence-electron chi connectivity index (χ4n) is 1.82. The second-order valence-corrected chi connectivity index (χ2v) is 3.87. The van der Waals surface area contributed by atoms with E-state index in [9.17, 15) is 13.2 Å². The number of hydrogen-bond acceptors (Lipinski definition) is 2. The minimum absolute atomic E-state index is 0.0995. The van der Waals surface area contributed by atoms with E-state index < -0.39 is 18.2 Å². The van der Waals surface area contributed by atoms with E-state index in [0.29, 0.717) is 11.3 Å². The van der Waals surface area contributed by atoms with Crippen LogP contribution in [0.4, 0.5) is 13.2 Å². The molecule has 88 valence electrons. The van der Waals surface area contributed by atoms with Crippen LogP contribution in [-0.2, 0) is 6.42 Å². The van der Waals surface area contributed by atoms with Crippen LogP contribution in [0.1, 0.15) is 5.56 Å². The van der Waals surface area contributed by atoms with Gasteiger partial charge in [0.05, 0.1) is 6.61 Å². The summed E-state index contributed by atoms with van der Waals surface area (Å²) in [4.78, 5) is 0. The van der Waals surface area contributed by atoms with Crippen molar-refractivity contribution >= 4 is 0 Å². The highest BCUT2D eigenvalue weighted by molar-refractivity contribution is 5.35. The van der Waals surface area contributed by atoms with Crippen molar-refractivity contribution in [1.82, 2.24) is 0 Å². The molecule has 1 aromatic carbocycles. The molecule has 0 saturated heterocycles. The molecule has 0 aliphatic carbocycles. The van der Waals surface area contributed by atoms with Crippen molar-refractivity contribution in [2.75, 3.05) is 6.61 Å². The van der Waals surface area contributed by atoms with Gasteiger partial charge in [-0.2, -0.15) is 13.2 Å². The molecule has 2 nitrogen and oxygen atoms in total. The summed E-state index contributed by atoms with van der Waals surface area (Å²) >= 11 is 0. The highest BCUT2D eigenvalue weighted by Gasteiger charge is 2.44. The second-order valence-electron chi connectivity index (χ2n) is 3.87. The van der Waals surface area contributed by atoms with E-state index in [0.717, 1.165) is 0 Å². The average molecular weight is 232 g/mol. The molecule has 0 bridgehead atoms. The fourth-order valence-corrected chi connectivity index (χ4v) is 1.82. The van der Waals surface area contributed by atoms with E-state index >= 15 is 0 Å². The standard InChI is InChI=1S/C11H11F3O2/c12-11(13,14)10(15)8-5-7-3-1-2-4-9(7)16-6-8/h1-4,8,10,15H,5-6H2. The van der Waals surface area contributed by atoms with Crippen molar-refractivity contribution in [2.45, 2.75) is 18.7 Å². The Bertz CT molecular complexity index is 376. The molecular formula is C11H11F3O2. The molecule has 1 aliphatic heterocycles. The number of benzene rings is 1. The normalized spacial score (nSPS) is 22.1. The SMILES string of the molecule is OC(C1COc2ccccc2C1)C(F)(F)F. The number of aliphatic hydroxyl groups excluding tert-OH is 1. The van der Waals surface area contributed by atoms with E-state index in [1.54, 1.807) is 24.3 Å². The maximum Gasteiger partial charge on any atom is 0.414 e. The van der Waals surface area contributed by atoms with Crippen LogP contribution < -0.4 is 4.74 Å². The summed E-state index contributed by atoms with van der Waals surface area (Å²) in [6, 6.07) is 6.93. The zero-order valence-electron chi connectivity index (χ0n) is 8.37. The summed E-state index contributed by atoms with van der Waals surface area (Å²) in [5.74, 6) is -0.317. The highest BCUT2D eigenvalue weighted by Crippen LogP contribution is 2.33. The van der Waals surface area contributed by atoms with Gasteiger partial charge in [0, 0.05) is 5.92 Å². The van der Waals surface area contributed by atoms with Gasteiger partial charge in [0.1, 0.15) is 5.75 Å². The van der Waals surface area contributed by atoms with Gasteiger partial charge in [-0.15, -0.1) is 0 Å². The van der Waals surface area contributed by atoms with Crippen LogP contribution in [0.15, 0.2) is 24.3 Å². The van der Waals surface area contributed by atoms with Crippen molar-refractivity contribution in [3.63, 3.8) is 0 Å². The first-order valence-electron chi connectivity index (χ1n) is 4.94. The molecule has 0 fully saturated rings. The molecule has 0 aromatic heterocycles. The van der Waals surface area contributed by atoms with Gasteiger partial charge in [0.25, 0.3) is 0 Å². The van der Waals surface area contributed by atoms with E-state index in [1.165, 1.54) is 0 Å². The van der Waals surface area contributed by atoms with Crippen LogP contribution in [0, 0.1) is 5.92 Å². The van der Waals surface area contributed by atoms with E-state index in [1.807, 2.05) is 0 Å². The first-order valence-corrected chi connectivity index (χ1v) is 4.94. The molecular weight excluding hydrogens is 221 g/mol. The molecule has 1 heterocycles. The van der Waals surface area contributed by atoms with Gasteiger partial charge < -0.3 is 9.84 Å². The molecule has 0 amide bonds. The van der Waals surface area contributed by atoms with Crippen molar-refractivity contribution in [1.29, 1.82) is 0 Å². The largest absolute Gasteiger partial charge is 0.493 e. The Balaban J connectivity index is 2.14. The lowest BCUT2D eigenvalue weighted by Gasteiger charge is -2.29. The predicted molar refractivity (Wildman–Crippen MR) is 51.2 cm³/mol. The zero-order chi connectivity index (χ0) is 11.8. The fraction of sp³-hybridized carbons (Fsp3) is 0.455. The van der Waals surface area contributed by atoms with Crippen LogP contribution in [0.3, 0.4) is 0 Å². The number of ether oxygens (including phenoxy) is 1. The summed E-state index contributed by atoms with van der Waals surface area (Å²) in [7, 11) is 0. The summed E-state index contributed by atoms with van der Waals surface area (Å²) < 4.78 is 42.1. The lowest BCUT2D eigenvalue weighted by molar-refractivity contribution is -0.222. The van der Waals surface area contributed by atoms with Gasteiger partial charge in [-0.25, -0.2) is 0 Å². The molecule has 5 heteroatoms. The van der Waals surface area contributed by atoms with Crippen molar-refractivity contribution in [3.8, 4) is 5.75 Å². The number of rotatable bonds is 1. The van der Waals surface area contributed by atoms with Crippen LogP contribution in [-0.4, -0.2) is 24.0 Å². The Kier molecular flexibility index (Phi) is 2.80. The Morgan fingerprint density at radius 3 is 2.69 bits per heavy atom. The minimum Gasteiger partial charge on any atom is -0.493 e. The average Bonchev–Trinajstić information content (AvgIpc) is 2.26. The topological polar surface area (TPSA) is 29.5 Å². The van der Waals surface area contributed by atoms with Gasteiger partial charge in [-0.05, 0) is 18.1 Å². The van der Waals surface area contributed by atoms with Crippen LogP contribution in [0.25, 0.3) is 0 Å². The Morgan fingerprint density at radius 2 is 2.00 bits per heavy atom. The molecule has 1 aliphatic rings. The number of hydrogen-bond donors (Lipinski definition) is 1. The van der Waals surface area contributed by atoms with Crippen molar-refractivity contribution in [3.05, 3.63) is 29.8 Å². The molecule has 0 saturated carbocycles. The smallest absolute Gasteiger partial charge is 0.414 e. The number of aliphatic hydroxyl groups is 1. The zero-order valence-corrected chi connectivity index (χ0v) is 8.37. The monoisotopic (exact) mass is 232 g/mol. The Morgan fingerprint density at radius 1 is 1.31 bits per heavy atom. The number of fused-ring (bicyclic) bond motifs is 1. The second kappa shape index (κ2) is 3.97. The lowest BCUT2D eigenvalue weighted by atomic mass is 9.92. The molecule has 2 unspecified atom stereocenters. The maximum absolute atomic E-state index is 12.3. The van der Waals surface area contributed by atoms with Crippen LogP contribution in [0.2, 0.25) is 0 Å². The van der Waals surface area contributed by atoms with Gasteiger partial charge in [0.2, 0.25) is 0 Å². The predicted octanol–water partition coefficient (Wildman–Crippen LogP) is 2.16. The summed E-state index contributed by atoms with van der Waals surface area (Å²) in [6.07, 6.45) is -6.71. The summed E-state index contributed by atoms with van der Waals surface area (Å²) in [5.41, 5.74) is 0.710. The highest BCUT2D eigenvalue weighted by atomic mass is 19.4. The van der Waals surface area contributed by atoms with Gasteiger partial charge in [-0.1, -0.05) is 18.2 Å². The minimum atomic E-state index is -4.58. The quantitative estimate of drug-likeness (QED) is 0.804. The van der Waals surface area contributed by atoms with Crippen LogP contribution >= 0.6 is 0 Å². The van der Waals surface area contributed by atoms with Gasteiger partial charge in [0.15, 0.2) is 6.10 Å². The third-order valence-corrected chi connectivity index (χ3v) is 2.69. The number of para-hydroxylation sites is 1. The molecule has 0 spiro atoms. The Labute approximate surface area is 90.7 Å². The van der Waals surface area contributed by atoms with Crippen molar-refractivity contribution in [2.24, 2.45) is 5.92 Å². The van der Waals surface area contributed by atoms with Gasteiger partial charge in [-0.3, -0.25) is 0 Å². The number of halogens is 3. The van der Waals surface area contributed by atoms with Gasteiger partial charge >= 0.3 is 6.18 Å². The Hall–Kier alpha value is -1.23. The summed E-state index contributed by atoms with van der Waals surface area (Å²) in [6.45, 7) is -0.0995. The number of alkyl halides is 3. The molecule has 0 radical (unpaired) electrons. The van der Waals surface area contributed by atoms with Crippen LogP contribution in [0.5, 0.6) is 5.75 Å². The molecule has 2 rings (SSSR count). The third-order valence-electron chi connectivity index (χ3n) is 2.69. The molecule has 1 aromatic rings. The molecule has 16 heavy (non-hydrogen) atoms. The van der Waals surface area contributed by atoms with E-state index in [4.69, 9.17) is 9.84 Å². The lowest BCUT2D eigenvalue weighted by Crippen LogP contribution is -2.41. The maximum atomic E-state index is 12.3. The first kappa shape index (κ1) is 11.3. The third kappa shape index (κ3) is 2.14. The molecule has 1 N–H and O–H groups in total. The summed E-state index contributed by atoms with van der Waals surface area (Å²) in [5, 5.41) is 9.13. The molecule has 2 atom stereocenters. The van der Waals surface area contributed by atoms with E-state index in [-0.39, 0.29) is 13.0 Å². The first-order chi connectivity index (χ1) is 7.48. The van der Waals surface area contributed by atoms with Crippen molar-refractivity contribution < 1.29 is 23.0 Å². The van der Waals surface area contributed by atoms with E-state index in [2.05, 4.69) is 0 Å².